The van der Waals surface area contributed by atoms with Gasteiger partial charge in [-0.2, -0.15) is 0 Å². The number of amides is 1. The largest absolute Gasteiger partial charge is 0.494 e. The number of nitrogens with one attached hydrogen (secondary N) is 2. The molecule has 6 nitrogen and oxygen atoms in total. The summed E-state index contributed by atoms with van der Waals surface area (Å²) < 4.78 is 5.52. The van der Waals surface area contributed by atoms with Gasteiger partial charge < -0.3 is 15.0 Å². The maximum absolute atomic E-state index is 12.8. The summed E-state index contributed by atoms with van der Waals surface area (Å²) in [5.41, 5.74) is 5.72. The van der Waals surface area contributed by atoms with Crippen LogP contribution in [0, 0.1) is 6.92 Å². The Balaban J connectivity index is 1.28. The van der Waals surface area contributed by atoms with Crippen LogP contribution in [0.5, 0.6) is 5.75 Å². The highest BCUT2D eigenvalue weighted by Gasteiger charge is 2.17. The molecule has 0 atom stereocenters. The van der Waals surface area contributed by atoms with Gasteiger partial charge in [-0.05, 0) is 38.1 Å². The summed E-state index contributed by atoms with van der Waals surface area (Å²) in [5.74, 6) is 0.914. The van der Waals surface area contributed by atoms with Gasteiger partial charge in [0, 0.05) is 21.6 Å². The van der Waals surface area contributed by atoms with Gasteiger partial charge in [0.05, 0.1) is 29.4 Å². The van der Waals surface area contributed by atoms with Crippen LogP contribution < -0.4 is 10.1 Å². The Hall–Kier alpha value is -3.88. The van der Waals surface area contributed by atoms with Crippen molar-refractivity contribution >= 4 is 34.1 Å². The van der Waals surface area contributed by atoms with E-state index in [0.29, 0.717) is 16.9 Å². The number of aromatic nitrogens is 3. The maximum atomic E-state index is 12.8. The van der Waals surface area contributed by atoms with Crippen LogP contribution in [0.1, 0.15) is 11.8 Å². The van der Waals surface area contributed by atoms with Gasteiger partial charge in [0.15, 0.2) is 10.3 Å². The summed E-state index contributed by atoms with van der Waals surface area (Å²) in [4.78, 5) is 26.7. The van der Waals surface area contributed by atoms with E-state index in [1.807, 2.05) is 98.8 Å². The maximum Gasteiger partial charge on any atom is 0.236 e. The Bertz CT molecular complexity index is 1420. The van der Waals surface area contributed by atoms with E-state index in [9.17, 15) is 4.79 Å². The molecule has 0 radical (unpaired) electrons. The van der Waals surface area contributed by atoms with Gasteiger partial charge in [-0.25, -0.2) is 9.97 Å². The van der Waals surface area contributed by atoms with E-state index < -0.39 is 0 Å². The number of imidazole rings is 1. The lowest BCUT2D eigenvalue weighted by Gasteiger charge is -2.04. The number of aryl methyl sites for hydroxylation is 1. The molecule has 2 N–H and O–H groups in total. The Labute approximate surface area is 224 Å². The lowest BCUT2D eigenvalue weighted by molar-refractivity contribution is -0.113. The molecule has 0 aliphatic carbocycles. The molecule has 5 rings (SSSR count). The molecule has 0 unspecified atom stereocenters. The molecule has 5 aromatic rings. The molecule has 0 saturated carbocycles. The molecular weight excluding hydrogens is 500 g/mol. The summed E-state index contributed by atoms with van der Waals surface area (Å²) in [7, 11) is 0. The molecular formula is C29H26N4O2S2. The number of carbonyl (C=O) groups excluding carboxylic acids is 1. The molecule has 0 aliphatic rings. The van der Waals surface area contributed by atoms with E-state index in [-0.39, 0.29) is 11.7 Å². The minimum atomic E-state index is -0.129. The summed E-state index contributed by atoms with van der Waals surface area (Å²) in [6.45, 7) is 4.59. The SMILES string of the molecule is CCOc1ccc(-c2nc(NC(=O)CSc3nc(-c4ccccc4)c(-c4ccccc4)[nH]3)sc2C)cc1. The van der Waals surface area contributed by atoms with E-state index in [1.165, 1.54) is 23.1 Å². The number of thioether (sulfide) groups is 1. The number of thiazole rings is 1. The summed E-state index contributed by atoms with van der Waals surface area (Å²) in [5, 5.41) is 4.22. The third-order valence-electron chi connectivity index (χ3n) is 5.61. The number of anilines is 1. The van der Waals surface area contributed by atoms with Gasteiger partial charge in [-0.1, -0.05) is 72.4 Å². The fraction of sp³-hybridized carbons (Fsp3) is 0.138. The van der Waals surface area contributed by atoms with Crippen molar-refractivity contribution in [2.45, 2.75) is 19.0 Å². The lowest BCUT2D eigenvalue weighted by atomic mass is 10.1. The average Bonchev–Trinajstić information content (AvgIpc) is 3.52. The molecule has 8 heteroatoms. The van der Waals surface area contributed by atoms with E-state index in [1.54, 1.807) is 0 Å². The van der Waals surface area contributed by atoms with Crippen molar-refractivity contribution in [3.8, 4) is 39.5 Å². The molecule has 0 bridgehead atoms. The molecule has 0 saturated heterocycles. The molecule has 186 valence electrons. The minimum Gasteiger partial charge on any atom is -0.494 e. The van der Waals surface area contributed by atoms with Crippen LogP contribution in [0.15, 0.2) is 90.1 Å². The first kappa shape index (κ1) is 24.8. The standard InChI is InChI=1S/C29H26N4O2S2/c1-3-35-23-16-14-22(15-17-23)25-19(2)37-29(31-25)30-24(34)18-36-28-32-26(20-10-6-4-7-11-20)27(33-28)21-12-8-5-9-13-21/h4-17H,3,18H2,1-2H3,(H,32,33)(H,30,31,34). The second kappa shape index (κ2) is 11.5. The molecule has 2 aromatic heterocycles. The van der Waals surface area contributed by atoms with Gasteiger partial charge in [0.1, 0.15) is 5.75 Å². The summed E-state index contributed by atoms with van der Waals surface area (Å²) >= 11 is 2.84. The van der Waals surface area contributed by atoms with Crippen LogP contribution in [0.4, 0.5) is 5.13 Å². The van der Waals surface area contributed by atoms with Crippen LogP contribution in [0.3, 0.4) is 0 Å². The summed E-state index contributed by atoms with van der Waals surface area (Å²) in [6.07, 6.45) is 0. The second-order valence-electron chi connectivity index (χ2n) is 8.22. The van der Waals surface area contributed by atoms with E-state index in [2.05, 4.69) is 15.3 Å². The van der Waals surface area contributed by atoms with Gasteiger partial charge in [-0.3, -0.25) is 4.79 Å². The molecule has 3 aromatic carbocycles. The number of rotatable bonds is 9. The number of ether oxygens (including phenoxy) is 1. The lowest BCUT2D eigenvalue weighted by Crippen LogP contribution is -2.13. The van der Waals surface area contributed by atoms with E-state index in [0.717, 1.165) is 44.4 Å². The van der Waals surface area contributed by atoms with Crippen LogP contribution in [-0.4, -0.2) is 33.2 Å². The van der Waals surface area contributed by atoms with E-state index in [4.69, 9.17) is 9.72 Å². The number of nitrogens with zero attached hydrogens (tertiary/aromatic N) is 2. The van der Waals surface area contributed by atoms with Gasteiger partial charge in [0.25, 0.3) is 0 Å². The molecule has 2 heterocycles. The normalized spacial score (nSPS) is 10.9. The highest BCUT2D eigenvalue weighted by atomic mass is 32.2. The Morgan fingerprint density at radius 3 is 2.22 bits per heavy atom. The predicted octanol–water partition coefficient (Wildman–Crippen LogP) is 7.31. The van der Waals surface area contributed by atoms with Crippen LogP contribution >= 0.6 is 23.1 Å². The average molecular weight is 527 g/mol. The van der Waals surface area contributed by atoms with Gasteiger partial charge in [-0.15, -0.1) is 11.3 Å². The van der Waals surface area contributed by atoms with Crippen molar-refractivity contribution in [1.82, 2.24) is 15.0 Å². The second-order valence-corrected chi connectivity index (χ2v) is 10.4. The number of H-pyrrole nitrogens is 1. The first-order valence-electron chi connectivity index (χ1n) is 11.9. The molecule has 0 spiro atoms. The molecule has 0 aliphatic heterocycles. The first-order chi connectivity index (χ1) is 18.1. The number of hydrogen-bond donors (Lipinski definition) is 2. The van der Waals surface area contributed by atoms with Crippen molar-refractivity contribution in [2.24, 2.45) is 0 Å². The van der Waals surface area contributed by atoms with Crippen molar-refractivity contribution in [3.05, 3.63) is 89.8 Å². The minimum absolute atomic E-state index is 0.129. The van der Waals surface area contributed by atoms with Crippen molar-refractivity contribution in [1.29, 1.82) is 0 Å². The molecule has 0 fully saturated rings. The molecule has 37 heavy (non-hydrogen) atoms. The van der Waals surface area contributed by atoms with Crippen molar-refractivity contribution in [3.63, 3.8) is 0 Å². The third-order valence-corrected chi connectivity index (χ3v) is 7.37. The number of benzene rings is 3. The van der Waals surface area contributed by atoms with Crippen LogP contribution in [0.25, 0.3) is 33.8 Å². The smallest absolute Gasteiger partial charge is 0.236 e. The molecule has 1 amide bonds. The first-order valence-corrected chi connectivity index (χ1v) is 13.7. The number of hydrogen-bond acceptors (Lipinski definition) is 6. The van der Waals surface area contributed by atoms with Crippen molar-refractivity contribution in [2.75, 3.05) is 17.7 Å². The quantitative estimate of drug-likeness (QED) is 0.197. The van der Waals surface area contributed by atoms with Gasteiger partial charge >= 0.3 is 0 Å². The number of carbonyl (C=O) groups is 1. The van der Waals surface area contributed by atoms with Gasteiger partial charge in [0.2, 0.25) is 5.91 Å². The third kappa shape index (κ3) is 5.93. The monoisotopic (exact) mass is 526 g/mol. The Kier molecular flexibility index (Phi) is 7.67. The fourth-order valence-electron chi connectivity index (χ4n) is 3.92. The topological polar surface area (TPSA) is 79.9 Å². The van der Waals surface area contributed by atoms with Crippen LogP contribution in [-0.2, 0) is 4.79 Å². The van der Waals surface area contributed by atoms with Crippen LogP contribution in [0.2, 0.25) is 0 Å². The summed E-state index contributed by atoms with van der Waals surface area (Å²) in [6, 6.07) is 28.0. The fourth-order valence-corrected chi connectivity index (χ4v) is 5.44. The predicted molar refractivity (Wildman–Crippen MR) is 152 cm³/mol. The Morgan fingerprint density at radius 1 is 0.892 bits per heavy atom. The van der Waals surface area contributed by atoms with E-state index >= 15 is 0 Å². The Morgan fingerprint density at radius 2 is 1.54 bits per heavy atom. The number of aromatic amines is 1. The highest BCUT2D eigenvalue weighted by Crippen LogP contribution is 2.34. The zero-order valence-electron chi connectivity index (χ0n) is 20.5. The van der Waals surface area contributed by atoms with Crippen molar-refractivity contribution < 1.29 is 9.53 Å². The zero-order valence-corrected chi connectivity index (χ0v) is 22.2. The highest BCUT2D eigenvalue weighted by molar-refractivity contribution is 7.99. The zero-order chi connectivity index (χ0) is 25.6.